The van der Waals surface area contributed by atoms with Crippen LogP contribution in [0.4, 0.5) is 0 Å². The minimum atomic E-state index is -0.405. The number of methoxy groups -OCH3 is 2. The maximum Gasteiger partial charge on any atom is 0.361 e. The minimum absolute atomic E-state index is 0.0323. The van der Waals surface area contributed by atoms with Crippen molar-refractivity contribution in [2.75, 3.05) is 14.2 Å². The predicted molar refractivity (Wildman–Crippen MR) is 140 cm³/mol. The lowest BCUT2D eigenvalue weighted by Gasteiger charge is -2.15. The van der Waals surface area contributed by atoms with Gasteiger partial charge in [-0.15, -0.1) is 0 Å². The van der Waals surface area contributed by atoms with Crippen molar-refractivity contribution in [3.05, 3.63) is 57.0 Å². The Morgan fingerprint density at radius 3 is 2.20 bits per heavy atom. The second-order valence-corrected chi connectivity index (χ2v) is 9.71. The fourth-order valence-corrected chi connectivity index (χ4v) is 4.77. The Balaban J connectivity index is 1.73. The number of rotatable bonds is 9. The summed E-state index contributed by atoms with van der Waals surface area (Å²) in [6, 6.07) is 9.46. The quantitative estimate of drug-likeness (QED) is 0.229. The highest BCUT2D eigenvalue weighted by Crippen LogP contribution is 2.38. The van der Waals surface area contributed by atoms with Crippen LogP contribution in [-0.4, -0.2) is 31.0 Å². The number of benzene rings is 2. The number of ether oxygens (including phenoxy) is 4. The molecule has 0 bridgehead atoms. The summed E-state index contributed by atoms with van der Waals surface area (Å²) in [5, 5.41) is 1.56. The third-order valence-electron chi connectivity index (χ3n) is 5.56. The molecule has 0 aliphatic carbocycles. The van der Waals surface area contributed by atoms with E-state index in [0.29, 0.717) is 47.1 Å². The first-order chi connectivity index (χ1) is 16.7. The third kappa shape index (κ3) is 5.12. The second-order valence-electron chi connectivity index (χ2n) is 8.85. The van der Waals surface area contributed by atoms with Crippen LogP contribution in [0, 0.1) is 0 Å². The van der Waals surface area contributed by atoms with Gasteiger partial charge in [0.25, 0.3) is 0 Å². The molecule has 4 rings (SSSR count). The van der Waals surface area contributed by atoms with E-state index >= 15 is 0 Å². The van der Waals surface area contributed by atoms with Gasteiger partial charge >= 0.3 is 5.63 Å². The lowest BCUT2D eigenvalue weighted by Crippen LogP contribution is -2.10. The highest BCUT2D eigenvalue weighted by atomic mass is 79.9. The summed E-state index contributed by atoms with van der Waals surface area (Å²) in [7, 11) is 3.22. The molecule has 8 heteroatoms. The van der Waals surface area contributed by atoms with Crippen LogP contribution in [0.1, 0.15) is 33.3 Å². The summed E-state index contributed by atoms with van der Waals surface area (Å²) >= 11 is 3.65. The smallest absolute Gasteiger partial charge is 0.361 e. The summed E-state index contributed by atoms with van der Waals surface area (Å²) in [6.07, 6.45) is 2.59. The zero-order chi connectivity index (χ0) is 25.3. The average Bonchev–Trinajstić information content (AvgIpc) is 3.14. The number of fused-ring (bicyclic) bond motifs is 3. The van der Waals surface area contributed by atoms with Crippen molar-refractivity contribution in [2.45, 2.75) is 52.9 Å². The van der Waals surface area contributed by atoms with Crippen LogP contribution in [0.2, 0.25) is 0 Å². The van der Waals surface area contributed by atoms with Crippen molar-refractivity contribution in [2.24, 2.45) is 0 Å². The van der Waals surface area contributed by atoms with Gasteiger partial charge in [0, 0.05) is 34.1 Å². The van der Waals surface area contributed by atoms with Crippen molar-refractivity contribution in [1.82, 2.24) is 4.57 Å². The van der Waals surface area contributed by atoms with Crippen molar-refractivity contribution in [3.8, 4) is 23.0 Å². The van der Waals surface area contributed by atoms with Crippen LogP contribution < -0.4 is 24.6 Å². The molecule has 0 amide bonds. The van der Waals surface area contributed by atoms with E-state index in [1.165, 1.54) is 0 Å². The van der Waals surface area contributed by atoms with Gasteiger partial charge in [-0.3, -0.25) is 0 Å². The normalized spacial score (nSPS) is 11.6. The van der Waals surface area contributed by atoms with Crippen LogP contribution in [-0.2, 0) is 13.0 Å². The first kappa shape index (κ1) is 25.0. The monoisotopic (exact) mass is 543 g/mol. The summed E-state index contributed by atoms with van der Waals surface area (Å²) in [4.78, 5) is 13.1. The number of aromatic nitrogens is 1. The number of halogens is 1. The molecule has 186 valence electrons. The van der Waals surface area contributed by atoms with Gasteiger partial charge in [-0.1, -0.05) is 6.07 Å². The maximum atomic E-state index is 13.1. The first-order valence-electron chi connectivity index (χ1n) is 11.5. The molecule has 0 saturated carbocycles. The Labute approximate surface area is 212 Å². The molecular formula is C27H30BrNO6. The lowest BCUT2D eigenvalue weighted by atomic mass is 10.1. The first-order valence-corrected chi connectivity index (χ1v) is 12.3. The molecule has 35 heavy (non-hydrogen) atoms. The second kappa shape index (κ2) is 10.2. The number of aryl methyl sites for hydroxylation is 2. The van der Waals surface area contributed by atoms with Gasteiger partial charge in [-0.2, -0.15) is 0 Å². The van der Waals surface area contributed by atoms with E-state index in [1.54, 1.807) is 20.3 Å². The summed E-state index contributed by atoms with van der Waals surface area (Å²) in [5.74, 6) is 2.51. The van der Waals surface area contributed by atoms with Gasteiger partial charge < -0.3 is 27.9 Å². The van der Waals surface area contributed by atoms with Crippen molar-refractivity contribution >= 4 is 37.8 Å². The summed E-state index contributed by atoms with van der Waals surface area (Å²) in [5.41, 5.74) is 1.61. The molecular weight excluding hydrogens is 514 g/mol. The van der Waals surface area contributed by atoms with Crippen LogP contribution in [0.25, 0.3) is 21.9 Å². The molecule has 2 aromatic carbocycles. The Hall–Kier alpha value is -3.13. The predicted octanol–water partition coefficient (Wildman–Crippen LogP) is 6.34. The fraction of sp³-hybridized carbons (Fsp3) is 0.370. The van der Waals surface area contributed by atoms with E-state index in [-0.39, 0.29) is 12.2 Å². The van der Waals surface area contributed by atoms with Crippen molar-refractivity contribution < 1.29 is 23.4 Å². The van der Waals surface area contributed by atoms with E-state index in [1.807, 2.05) is 62.7 Å². The van der Waals surface area contributed by atoms with Crippen LogP contribution in [0.5, 0.6) is 23.0 Å². The minimum Gasteiger partial charge on any atom is -0.493 e. The highest BCUT2D eigenvalue weighted by Gasteiger charge is 2.19. The highest BCUT2D eigenvalue weighted by molar-refractivity contribution is 9.10. The van der Waals surface area contributed by atoms with Crippen molar-refractivity contribution in [1.29, 1.82) is 0 Å². The molecule has 0 radical (unpaired) electrons. The Morgan fingerprint density at radius 1 is 0.914 bits per heavy atom. The molecule has 0 N–H and O–H groups in total. The van der Waals surface area contributed by atoms with Crippen LogP contribution in [0.15, 0.2) is 50.2 Å². The van der Waals surface area contributed by atoms with Crippen LogP contribution in [0.3, 0.4) is 0 Å². The van der Waals surface area contributed by atoms with E-state index in [4.69, 9.17) is 23.4 Å². The summed E-state index contributed by atoms with van der Waals surface area (Å²) in [6.45, 7) is 8.40. The summed E-state index contributed by atoms with van der Waals surface area (Å²) < 4.78 is 31.2. The molecule has 0 atom stereocenters. The lowest BCUT2D eigenvalue weighted by molar-refractivity contribution is 0.230. The van der Waals surface area contributed by atoms with E-state index in [9.17, 15) is 4.79 Å². The van der Waals surface area contributed by atoms with Gasteiger partial charge in [0.15, 0.2) is 23.0 Å². The van der Waals surface area contributed by atoms with Gasteiger partial charge in [-0.25, -0.2) is 4.79 Å². The standard InChI is InChI=1S/C27H30BrNO6/c1-15(2)33-23-11-17(7-8-20(23)31-5)9-10-29-14-19(28)25-18-12-22(32-6)24(34-16(3)4)13-21(18)35-27(30)26(25)29/h7-8,11-16H,9-10H2,1-6H3. The molecule has 0 unspecified atom stereocenters. The number of hydrogen-bond acceptors (Lipinski definition) is 6. The molecule has 0 spiro atoms. The Bertz CT molecular complexity index is 1420. The largest absolute Gasteiger partial charge is 0.493 e. The Morgan fingerprint density at radius 2 is 1.57 bits per heavy atom. The fourth-order valence-electron chi connectivity index (χ4n) is 4.12. The number of hydrogen-bond donors (Lipinski definition) is 0. The molecule has 2 heterocycles. The number of nitrogens with zero attached hydrogens (tertiary/aromatic N) is 1. The van der Waals surface area contributed by atoms with Crippen LogP contribution >= 0.6 is 15.9 Å². The maximum absolute atomic E-state index is 13.1. The van der Waals surface area contributed by atoms with Gasteiger partial charge in [0.05, 0.1) is 26.4 Å². The van der Waals surface area contributed by atoms with E-state index in [2.05, 4.69) is 15.9 Å². The molecule has 0 fully saturated rings. The molecule has 0 saturated heterocycles. The Kier molecular flexibility index (Phi) is 7.31. The van der Waals surface area contributed by atoms with Gasteiger partial charge in [-0.05, 0) is 73.8 Å². The van der Waals surface area contributed by atoms with Gasteiger partial charge in [0.1, 0.15) is 11.1 Å². The molecule has 4 aromatic rings. The van der Waals surface area contributed by atoms with E-state index < -0.39 is 5.63 Å². The third-order valence-corrected chi connectivity index (χ3v) is 6.16. The zero-order valence-electron chi connectivity index (χ0n) is 20.8. The zero-order valence-corrected chi connectivity index (χ0v) is 22.4. The molecule has 0 aliphatic rings. The molecule has 0 aliphatic heterocycles. The van der Waals surface area contributed by atoms with Crippen molar-refractivity contribution in [3.63, 3.8) is 0 Å². The topological polar surface area (TPSA) is 72.1 Å². The van der Waals surface area contributed by atoms with Gasteiger partial charge in [0.2, 0.25) is 0 Å². The SMILES string of the molecule is COc1ccc(CCn2cc(Br)c3c4cc(OC)c(OC(C)C)cc4oc(=O)c32)cc1OC(C)C. The molecule has 7 nitrogen and oxygen atoms in total. The molecule has 2 aromatic heterocycles. The van der Waals surface area contributed by atoms with E-state index in [0.717, 1.165) is 20.8 Å². The average molecular weight is 544 g/mol.